The van der Waals surface area contributed by atoms with Crippen LogP contribution in [0.1, 0.15) is 22.9 Å². The van der Waals surface area contributed by atoms with Gasteiger partial charge in [-0.2, -0.15) is 0 Å². The largest absolute Gasteiger partial charge is 0.488 e. The van der Waals surface area contributed by atoms with Gasteiger partial charge in [0.1, 0.15) is 12.4 Å². The predicted molar refractivity (Wildman–Crippen MR) is 114 cm³/mol. The molecule has 0 amide bonds. The fraction of sp³-hybridized carbons (Fsp3) is 0.389. The zero-order valence-corrected chi connectivity index (χ0v) is 17.9. The van der Waals surface area contributed by atoms with Gasteiger partial charge in [0, 0.05) is 11.4 Å². The molecule has 0 saturated carbocycles. The molecule has 144 valence electrons. The molecule has 2 rings (SSSR count). The lowest BCUT2D eigenvalue weighted by Crippen LogP contribution is -2.36. The van der Waals surface area contributed by atoms with Gasteiger partial charge in [-0.3, -0.25) is 0 Å². The Kier molecular flexibility index (Phi) is 10.5. The molecule has 0 saturated heterocycles. The number of nitrogens with one attached hydrogen (secondary N) is 2. The molecule has 1 aromatic heterocycles. The minimum absolute atomic E-state index is 0. The molecule has 0 spiro atoms. The highest BCUT2D eigenvalue weighted by Gasteiger charge is 2.05. The molecule has 1 heterocycles. The van der Waals surface area contributed by atoms with E-state index in [2.05, 4.69) is 34.0 Å². The van der Waals surface area contributed by atoms with Gasteiger partial charge in [0.25, 0.3) is 6.43 Å². The first-order valence-corrected chi connectivity index (χ1v) is 9.01. The van der Waals surface area contributed by atoms with E-state index in [0.29, 0.717) is 24.8 Å². The Morgan fingerprint density at radius 1 is 1.27 bits per heavy atom. The Labute approximate surface area is 174 Å². The first kappa shape index (κ1) is 22.6. The van der Waals surface area contributed by atoms with Crippen LogP contribution in [0.4, 0.5) is 8.78 Å². The number of thiophene rings is 1. The summed E-state index contributed by atoms with van der Waals surface area (Å²) in [7, 11) is 0. The van der Waals surface area contributed by atoms with Gasteiger partial charge in [-0.05, 0) is 48.6 Å². The molecule has 0 aliphatic rings. The Bertz CT molecular complexity index is 695. The van der Waals surface area contributed by atoms with Crippen LogP contribution in [0.2, 0.25) is 0 Å². The van der Waals surface area contributed by atoms with Gasteiger partial charge in [0.2, 0.25) is 0 Å². The van der Waals surface area contributed by atoms with Crippen LogP contribution < -0.4 is 15.4 Å². The maximum absolute atomic E-state index is 12.2. The summed E-state index contributed by atoms with van der Waals surface area (Å²) >= 11 is 1.71. The highest BCUT2D eigenvalue weighted by Crippen LogP contribution is 2.16. The van der Waals surface area contributed by atoms with Crippen molar-refractivity contribution < 1.29 is 13.5 Å². The van der Waals surface area contributed by atoms with Crippen molar-refractivity contribution in [1.82, 2.24) is 10.6 Å². The van der Waals surface area contributed by atoms with Crippen LogP contribution in [0, 0.1) is 6.92 Å². The topological polar surface area (TPSA) is 45.7 Å². The molecule has 2 N–H and O–H groups in total. The molecule has 0 aliphatic heterocycles. The minimum atomic E-state index is -2.48. The molecule has 0 bridgehead atoms. The molecule has 2 aromatic rings. The number of benzene rings is 1. The van der Waals surface area contributed by atoms with E-state index >= 15 is 0 Å². The molecule has 0 unspecified atom stereocenters. The monoisotopic (exact) mass is 495 g/mol. The number of rotatable bonds is 8. The Morgan fingerprint density at radius 2 is 2.08 bits per heavy atom. The Balaban J connectivity index is 0.00000338. The third kappa shape index (κ3) is 7.86. The molecular formula is C18H24F2IN3OS. The summed E-state index contributed by atoms with van der Waals surface area (Å²) in [4.78, 5) is 5.82. The molecule has 26 heavy (non-hydrogen) atoms. The minimum Gasteiger partial charge on any atom is -0.488 e. The molecule has 4 nitrogen and oxygen atoms in total. The van der Waals surface area contributed by atoms with Crippen LogP contribution in [0.3, 0.4) is 0 Å². The molecule has 8 heteroatoms. The summed E-state index contributed by atoms with van der Waals surface area (Å²) in [6, 6.07) is 9.17. The molecular weight excluding hydrogens is 471 g/mol. The second-order valence-electron chi connectivity index (χ2n) is 5.43. The van der Waals surface area contributed by atoms with Gasteiger partial charge in [-0.1, -0.05) is 12.1 Å². The number of nitrogens with zero attached hydrogens (tertiary/aromatic N) is 1. The van der Waals surface area contributed by atoms with Crippen LogP contribution in [0.5, 0.6) is 5.75 Å². The number of ether oxygens (including phenoxy) is 1. The number of aryl methyl sites for hydroxylation is 1. The Morgan fingerprint density at radius 3 is 2.73 bits per heavy atom. The number of hydrogen-bond acceptors (Lipinski definition) is 3. The average molecular weight is 495 g/mol. The number of alkyl halides is 2. The fourth-order valence-electron chi connectivity index (χ4n) is 2.15. The van der Waals surface area contributed by atoms with Gasteiger partial charge in [-0.25, -0.2) is 13.8 Å². The van der Waals surface area contributed by atoms with Crippen molar-refractivity contribution in [2.24, 2.45) is 4.99 Å². The standard InChI is InChI=1S/C18H23F2N3OS.HI/c1-3-21-18(23-11-16-13(2)7-8-25-16)22-10-14-5-4-6-15(9-14)24-12-17(19)20;/h4-9,17H,3,10-12H2,1-2H3,(H2,21,22,23);1H. The van der Waals surface area contributed by atoms with Crippen molar-refractivity contribution in [1.29, 1.82) is 0 Å². The molecule has 0 radical (unpaired) electrons. The summed E-state index contributed by atoms with van der Waals surface area (Å²) in [6.45, 7) is 5.40. The third-order valence-electron chi connectivity index (χ3n) is 3.42. The molecule has 1 aromatic carbocycles. The van der Waals surface area contributed by atoms with E-state index in [-0.39, 0.29) is 24.0 Å². The van der Waals surface area contributed by atoms with Crippen molar-refractivity contribution in [3.8, 4) is 5.75 Å². The first-order valence-electron chi connectivity index (χ1n) is 8.13. The molecule has 0 aliphatic carbocycles. The summed E-state index contributed by atoms with van der Waals surface area (Å²) in [6.07, 6.45) is -2.48. The highest BCUT2D eigenvalue weighted by molar-refractivity contribution is 14.0. The van der Waals surface area contributed by atoms with Crippen LogP contribution in [0.25, 0.3) is 0 Å². The smallest absolute Gasteiger partial charge is 0.272 e. The van der Waals surface area contributed by atoms with Gasteiger partial charge >= 0.3 is 0 Å². The van der Waals surface area contributed by atoms with Crippen LogP contribution >= 0.6 is 35.3 Å². The number of halogens is 3. The van der Waals surface area contributed by atoms with E-state index < -0.39 is 13.0 Å². The molecule has 0 fully saturated rings. The average Bonchev–Trinajstić information content (AvgIpc) is 3.01. The van der Waals surface area contributed by atoms with E-state index in [9.17, 15) is 8.78 Å². The SMILES string of the molecule is CCNC(=NCc1cccc(OCC(F)F)c1)NCc1sccc1C.I. The lowest BCUT2D eigenvalue weighted by atomic mass is 10.2. The first-order chi connectivity index (χ1) is 12.1. The Hall–Kier alpha value is -1.42. The van der Waals surface area contributed by atoms with Crippen LogP contribution in [-0.2, 0) is 13.1 Å². The van der Waals surface area contributed by atoms with Crippen molar-refractivity contribution >= 4 is 41.3 Å². The van der Waals surface area contributed by atoms with E-state index in [1.807, 2.05) is 13.0 Å². The van der Waals surface area contributed by atoms with Gasteiger partial charge < -0.3 is 15.4 Å². The molecule has 0 atom stereocenters. The van der Waals surface area contributed by atoms with E-state index in [0.717, 1.165) is 12.1 Å². The summed E-state index contributed by atoms with van der Waals surface area (Å²) < 4.78 is 29.5. The van der Waals surface area contributed by atoms with Crippen molar-refractivity contribution in [2.45, 2.75) is 33.4 Å². The van der Waals surface area contributed by atoms with Crippen molar-refractivity contribution in [2.75, 3.05) is 13.2 Å². The van der Waals surface area contributed by atoms with Crippen molar-refractivity contribution in [3.63, 3.8) is 0 Å². The maximum Gasteiger partial charge on any atom is 0.272 e. The van der Waals surface area contributed by atoms with Gasteiger partial charge in [-0.15, -0.1) is 35.3 Å². The highest BCUT2D eigenvalue weighted by atomic mass is 127. The van der Waals surface area contributed by atoms with E-state index in [1.165, 1.54) is 10.4 Å². The van der Waals surface area contributed by atoms with E-state index in [4.69, 9.17) is 4.74 Å². The second-order valence-corrected chi connectivity index (χ2v) is 6.43. The van der Waals surface area contributed by atoms with Crippen LogP contribution in [0.15, 0.2) is 40.7 Å². The van der Waals surface area contributed by atoms with E-state index in [1.54, 1.807) is 29.5 Å². The normalized spacial score (nSPS) is 11.2. The van der Waals surface area contributed by atoms with Crippen molar-refractivity contribution in [3.05, 3.63) is 51.7 Å². The summed E-state index contributed by atoms with van der Waals surface area (Å²) in [5, 5.41) is 8.58. The number of guanidine groups is 1. The fourth-order valence-corrected chi connectivity index (χ4v) is 3.00. The van der Waals surface area contributed by atoms with Gasteiger partial charge in [0.15, 0.2) is 5.96 Å². The summed E-state index contributed by atoms with van der Waals surface area (Å²) in [5.74, 6) is 1.15. The van der Waals surface area contributed by atoms with Crippen LogP contribution in [-0.4, -0.2) is 25.5 Å². The lowest BCUT2D eigenvalue weighted by molar-refractivity contribution is 0.0818. The quantitative estimate of drug-likeness (QED) is 0.321. The number of hydrogen-bond donors (Lipinski definition) is 2. The lowest BCUT2D eigenvalue weighted by Gasteiger charge is -2.11. The number of aliphatic imine (C=N–C) groups is 1. The van der Waals surface area contributed by atoms with Gasteiger partial charge in [0.05, 0.1) is 13.1 Å². The zero-order valence-electron chi connectivity index (χ0n) is 14.8. The maximum atomic E-state index is 12.2. The second kappa shape index (κ2) is 12.1. The zero-order chi connectivity index (χ0) is 18.1. The summed E-state index contributed by atoms with van der Waals surface area (Å²) in [5.41, 5.74) is 2.16. The third-order valence-corrected chi connectivity index (χ3v) is 4.45. The predicted octanol–water partition coefficient (Wildman–Crippen LogP) is 4.57.